The minimum absolute atomic E-state index is 0.171. The maximum Gasteiger partial charge on any atom is 0.102 e. The van der Waals surface area contributed by atoms with Gasteiger partial charge in [0, 0.05) is 12.1 Å². The second-order valence-electron chi connectivity index (χ2n) is 4.50. The van der Waals surface area contributed by atoms with Gasteiger partial charge in [0.1, 0.15) is 6.67 Å². The Bertz CT molecular complexity index is 165. The Morgan fingerprint density at radius 1 is 1.50 bits per heavy atom. The number of hydrogen-bond acceptors (Lipinski definition) is 1. The van der Waals surface area contributed by atoms with Crippen LogP contribution >= 0.6 is 0 Å². The molecule has 12 heavy (non-hydrogen) atoms. The van der Waals surface area contributed by atoms with Crippen molar-refractivity contribution in [1.82, 2.24) is 4.90 Å². The van der Waals surface area contributed by atoms with Crippen LogP contribution in [0.3, 0.4) is 0 Å². The lowest BCUT2D eigenvalue weighted by molar-refractivity contribution is 0.0924. The van der Waals surface area contributed by atoms with E-state index in [0.717, 1.165) is 12.5 Å². The Balaban J connectivity index is 1.96. The Kier molecular flexibility index (Phi) is 2.11. The van der Waals surface area contributed by atoms with E-state index in [2.05, 4.69) is 11.8 Å². The number of nitrogens with zero attached hydrogens (tertiary/aromatic N) is 1. The molecule has 2 rings (SSSR count). The van der Waals surface area contributed by atoms with Gasteiger partial charge < -0.3 is 0 Å². The quantitative estimate of drug-likeness (QED) is 0.615. The van der Waals surface area contributed by atoms with Crippen LogP contribution in [0.1, 0.15) is 32.6 Å². The first kappa shape index (κ1) is 8.49. The largest absolute Gasteiger partial charge is 0.295 e. The van der Waals surface area contributed by atoms with E-state index in [9.17, 15) is 4.39 Å². The maximum atomic E-state index is 12.2. The molecule has 1 aliphatic carbocycles. The van der Waals surface area contributed by atoms with Crippen LogP contribution in [0, 0.1) is 5.92 Å². The van der Waals surface area contributed by atoms with E-state index in [1.165, 1.54) is 25.7 Å². The third kappa shape index (κ3) is 1.37. The second-order valence-corrected chi connectivity index (χ2v) is 4.50. The number of likely N-dealkylation sites (tertiary alicyclic amines) is 1. The predicted molar refractivity (Wildman–Crippen MR) is 47.9 cm³/mol. The molecule has 2 aliphatic rings. The predicted octanol–water partition coefficient (Wildman–Crippen LogP) is 2.22. The van der Waals surface area contributed by atoms with E-state index in [1.807, 2.05) is 0 Å². The topological polar surface area (TPSA) is 3.24 Å². The van der Waals surface area contributed by atoms with Gasteiger partial charge in [0.2, 0.25) is 0 Å². The molecule has 1 saturated carbocycles. The van der Waals surface area contributed by atoms with Crippen molar-refractivity contribution in [3.63, 3.8) is 0 Å². The summed E-state index contributed by atoms with van der Waals surface area (Å²) in [6.07, 6.45) is 5.21. The maximum absolute atomic E-state index is 12.2. The van der Waals surface area contributed by atoms with Crippen LogP contribution in [0.25, 0.3) is 0 Å². The van der Waals surface area contributed by atoms with Gasteiger partial charge in [-0.1, -0.05) is 6.92 Å². The lowest BCUT2D eigenvalue weighted by Crippen LogP contribution is -2.44. The summed E-state index contributed by atoms with van der Waals surface area (Å²) >= 11 is 0. The fourth-order valence-corrected chi connectivity index (χ4v) is 2.61. The fraction of sp³-hybridized carbons (Fsp3) is 1.00. The molecule has 0 unspecified atom stereocenters. The van der Waals surface area contributed by atoms with Crippen molar-refractivity contribution in [1.29, 1.82) is 0 Å². The van der Waals surface area contributed by atoms with Gasteiger partial charge in [0.05, 0.1) is 0 Å². The molecule has 1 heterocycles. The van der Waals surface area contributed by atoms with Crippen molar-refractivity contribution in [3.8, 4) is 0 Å². The molecule has 1 spiro atoms. The minimum atomic E-state index is -0.171. The number of piperidine rings is 1. The summed E-state index contributed by atoms with van der Waals surface area (Å²) in [5.41, 5.74) is 0.462. The van der Waals surface area contributed by atoms with E-state index in [0.29, 0.717) is 12.1 Å². The molecule has 1 atom stereocenters. The Morgan fingerprint density at radius 3 is 2.83 bits per heavy atom. The summed E-state index contributed by atoms with van der Waals surface area (Å²) < 4.78 is 12.2. The first-order chi connectivity index (χ1) is 5.77. The standard InChI is InChI=1S/C10H18FN/c1-9-2-6-12(7-5-11)10(8-9)3-4-10/h9H,2-8H2,1H3/t9-/m0/s1. The minimum Gasteiger partial charge on any atom is -0.295 e. The lowest BCUT2D eigenvalue weighted by Gasteiger charge is -2.38. The monoisotopic (exact) mass is 171 g/mol. The lowest BCUT2D eigenvalue weighted by atomic mass is 9.90. The zero-order valence-electron chi connectivity index (χ0n) is 7.85. The van der Waals surface area contributed by atoms with Gasteiger partial charge in [-0.15, -0.1) is 0 Å². The number of rotatable bonds is 2. The van der Waals surface area contributed by atoms with Gasteiger partial charge in [0.15, 0.2) is 0 Å². The highest BCUT2D eigenvalue weighted by atomic mass is 19.1. The molecule has 0 radical (unpaired) electrons. The highest BCUT2D eigenvalue weighted by molar-refractivity contribution is 5.06. The molecule has 0 amide bonds. The SMILES string of the molecule is C[C@H]1CCN(CCF)C2(CC2)C1. The molecule has 1 aliphatic heterocycles. The van der Waals surface area contributed by atoms with Crippen LogP contribution in [-0.4, -0.2) is 30.2 Å². The van der Waals surface area contributed by atoms with Crippen LogP contribution in [-0.2, 0) is 0 Å². The van der Waals surface area contributed by atoms with Gasteiger partial charge in [-0.2, -0.15) is 0 Å². The molecule has 70 valence electrons. The first-order valence-electron chi connectivity index (χ1n) is 5.08. The third-order valence-corrected chi connectivity index (χ3v) is 3.47. The van der Waals surface area contributed by atoms with E-state index in [-0.39, 0.29) is 6.67 Å². The van der Waals surface area contributed by atoms with Gasteiger partial charge in [0.25, 0.3) is 0 Å². The van der Waals surface area contributed by atoms with E-state index < -0.39 is 0 Å². The highest BCUT2D eigenvalue weighted by Gasteiger charge is 2.49. The average molecular weight is 171 g/mol. The summed E-state index contributed by atoms with van der Waals surface area (Å²) in [7, 11) is 0. The van der Waals surface area contributed by atoms with Crippen LogP contribution in [0.5, 0.6) is 0 Å². The van der Waals surface area contributed by atoms with Crippen molar-refractivity contribution >= 4 is 0 Å². The molecule has 1 nitrogen and oxygen atoms in total. The second kappa shape index (κ2) is 2.99. The van der Waals surface area contributed by atoms with Crippen molar-refractivity contribution in [3.05, 3.63) is 0 Å². The Labute approximate surface area is 73.9 Å². The number of hydrogen-bond donors (Lipinski definition) is 0. The molecular formula is C10H18FN. The van der Waals surface area contributed by atoms with Crippen molar-refractivity contribution in [2.45, 2.75) is 38.1 Å². The van der Waals surface area contributed by atoms with Crippen molar-refractivity contribution in [2.24, 2.45) is 5.92 Å². The fourth-order valence-electron chi connectivity index (χ4n) is 2.61. The van der Waals surface area contributed by atoms with Crippen LogP contribution in [0.2, 0.25) is 0 Å². The molecule has 0 aromatic heterocycles. The zero-order valence-corrected chi connectivity index (χ0v) is 7.85. The molecule has 0 aromatic carbocycles. The summed E-state index contributed by atoms with van der Waals surface area (Å²) in [5.74, 6) is 0.864. The van der Waals surface area contributed by atoms with Gasteiger partial charge in [-0.05, 0) is 38.1 Å². The summed E-state index contributed by atoms with van der Waals surface area (Å²) in [4.78, 5) is 2.38. The smallest absolute Gasteiger partial charge is 0.102 e. The van der Waals surface area contributed by atoms with E-state index in [1.54, 1.807) is 0 Å². The molecule has 2 fully saturated rings. The number of alkyl halides is 1. The molecule has 1 saturated heterocycles. The summed E-state index contributed by atoms with van der Waals surface area (Å²) in [6, 6.07) is 0. The van der Waals surface area contributed by atoms with Crippen molar-refractivity contribution < 1.29 is 4.39 Å². The highest BCUT2D eigenvalue weighted by Crippen LogP contribution is 2.49. The molecule has 2 heteroatoms. The van der Waals surface area contributed by atoms with Gasteiger partial charge in [-0.3, -0.25) is 4.90 Å². The van der Waals surface area contributed by atoms with E-state index >= 15 is 0 Å². The molecule has 0 bridgehead atoms. The summed E-state index contributed by atoms with van der Waals surface area (Å²) in [5, 5.41) is 0. The molecular weight excluding hydrogens is 153 g/mol. The number of halogens is 1. The first-order valence-corrected chi connectivity index (χ1v) is 5.08. The zero-order chi connectivity index (χ0) is 8.60. The van der Waals surface area contributed by atoms with Crippen LogP contribution in [0.15, 0.2) is 0 Å². The molecule has 0 aromatic rings. The van der Waals surface area contributed by atoms with Crippen LogP contribution in [0.4, 0.5) is 4.39 Å². The van der Waals surface area contributed by atoms with Gasteiger partial charge >= 0.3 is 0 Å². The van der Waals surface area contributed by atoms with Crippen molar-refractivity contribution in [2.75, 3.05) is 19.8 Å². The van der Waals surface area contributed by atoms with E-state index in [4.69, 9.17) is 0 Å². The third-order valence-electron chi connectivity index (χ3n) is 3.47. The average Bonchev–Trinajstić information content (AvgIpc) is 2.77. The van der Waals surface area contributed by atoms with Gasteiger partial charge in [-0.25, -0.2) is 4.39 Å². The molecule has 0 N–H and O–H groups in total. The summed E-state index contributed by atoms with van der Waals surface area (Å²) in [6.45, 7) is 3.96. The Hall–Kier alpha value is -0.110. The Morgan fingerprint density at radius 2 is 2.25 bits per heavy atom. The normalized spacial score (nSPS) is 34.0. The van der Waals surface area contributed by atoms with Crippen LogP contribution < -0.4 is 0 Å².